The van der Waals surface area contributed by atoms with Gasteiger partial charge in [-0.05, 0) is 45.6 Å². The second kappa shape index (κ2) is 8.58. The lowest BCUT2D eigenvalue weighted by Gasteiger charge is -2.50. The number of thiophene rings is 1. The van der Waals surface area contributed by atoms with Crippen molar-refractivity contribution in [3.05, 3.63) is 46.3 Å². The average Bonchev–Trinajstić information content (AvgIpc) is 3.35. The number of H-pyrrole nitrogens is 1. The van der Waals surface area contributed by atoms with Gasteiger partial charge in [-0.15, -0.1) is 11.3 Å². The highest BCUT2D eigenvalue weighted by atomic mass is 32.1. The number of hydrogen-bond acceptors (Lipinski definition) is 7. The van der Waals surface area contributed by atoms with Gasteiger partial charge in [0, 0.05) is 23.2 Å². The van der Waals surface area contributed by atoms with Crippen LogP contribution in [0.4, 0.5) is 9.59 Å². The Kier molecular flexibility index (Phi) is 6.10. The SMILES string of the molecule is Cc1nn(C(=O)OC(C)(C)C)cc1-c1cc2nc([C@@]3(C(C)(C)C)CC=CCN3C(=O)O)[nH]c(=O)c2s1. The summed E-state index contributed by atoms with van der Waals surface area (Å²) in [6.45, 7) is 13.1. The van der Waals surface area contributed by atoms with Crippen molar-refractivity contribution >= 4 is 33.7 Å². The maximum absolute atomic E-state index is 13.2. The summed E-state index contributed by atoms with van der Waals surface area (Å²) in [4.78, 5) is 47.7. The quantitative estimate of drug-likeness (QED) is 0.455. The largest absolute Gasteiger partial charge is 0.465 e. The minimum atomic E-state index is -1.08. The van der Waals surface area contributed by atoms with E-state index in [4.69, 9.17) is 9.72 Å². The molecule has 3 aromatic heterocycles. The number of carboxylic acid groups (broad SMARTS) is 1. The van der Waals surface area contributed by atoms with Gasteiger partial charge in [0.15, 0.2) is 0 Å². The van der Waals surface area contributed by atoms with Crippen LogP contribution in [-0.2, 0) is 10.3 Å². The summed E-state index contributed by atoms with van der Waals surface area (Å²) in [6, 6.07) is 1.78. The number of hydrogen-bond donors (Lipinski definition) is 2. The fourth-order valence-electron chi connectivity index (χ4n) is 4.60. The summed E-state index contributed by atoms with van der Waals surface area (Å²) in [7, 11) is 0. The highest BCUT2D eigenvalue weighted by Crippen LogP contribution is 2.48. The molecule has 0 aliphatic carbocycles. The number of nitrogens with one attached hydrogen (secondary N) is 1. The molecule has 4 rings (SSSR count). The van der Waals surface area contributed by atoms with Crippen LogP contribution in [0.1, 0.15) is 59.5 Å². The number of rotatable bonds is 2. The maximum Gasteiger partial charge on any atom is 0.435 e. The number of nitrogens with zero attached hydrogens (tertiary/aromatic N) is 4. The molecule has 0 unspecified atom stereocenters. The monoisotopic (exact) mass is 513 g/mol. The number of carbonyl (C=O) groups excluding carboxylic acids is 1. The van der Waals surface area contributed by atoms with E-state index in [1.165, 1.54) is 16.2 Å². The van der Waals surface area contributed by atoms with E-state index >= 15 is 0 Å². The van der Waals surface area contributed by atoms with Crippen LogP contribution in [0.25, 0.3) is 20.7 Å². The molecule has 1 aliphatic heterocycles. The number of fused-ring (bicyclic) bond motifs is 1. The van der Waals surface area contributed by atoms with E-state index in [9.17, 15) is 19.5 Å². The third-order valence-electron chi connectivity index (χ3n) is 6.32. The molecule has 0 fully saturated rings. The first kappa shape index (κ1) is 25.6. The molecule has 11 heteroatoms. The molecule has 10 nitrogen and oxygen atoms in total. The molecule has 2 N–H and O–H groups in total. The summed E-state index contributed by atoms with van der Waals surface area (Å²) in [5.74, 6) is 0.310. The third-order valence-corrected chi connectivity index (χ3v) is 7.48. The molecule has 1 atom stereocenters. The van der Waals surface area contributed by atoms with Crippen LogP contribution in [0.3, 0.4) is 0 Å². The Morgan fingerprint density at radius 2 is 1.89 bits per heavy atom. The molecular weight excluding hydrogens is 482 g/mol. The van der Waals surface area contributed by atoms with Gasteiger partial charge in [-0.1, -0.05) is 32.9 Å². The van der Waals surface area contributed by atoms with Crippen LogP contribution >= 0.6 is 11.3 Å². The molecule has 0 saturated carbocycles. The van der Waals surface area contributed by atoms with Crippen LogP contribution in [0, 0.1) is 12.3 Å². The molecule has 0 spiro atoms. The van der Waals surface area contributed by atoms with Crippen LogP contribution in [0.15, 0.2) is 29.2 Å². The van der Waals surface area contributed by atoms with Crippen LogP contribution < -0.4 is 5.56 Å². The minimum absolute atomic E-state index is 0.201. The Labute approximate surface area is 212 Å². The molecule has 4 heterocycles. The van der Waals surface area contributed by atoms with E-state index in [0.717, 1.165) is 9.56 Å². The fraction of sp³-hybridized carbons (Fsp3) is 0.480. The molecule has 0 saturated heterocycles. The third kappa shape index (κ3) is 4.32. The van der Waals surface area contributed by atoms with Crippen LogP contribution in [0.5, 0.6) is 0 Å². The zero-order chi connectivity index (χ0) is 26.6. The van der Waals surface area contributed by atoms with Crippen molar-refractivity contribution in [3.63, 3.8) is 0 Å². The van der Waals surface area contributed by atoms with Crippen LogP contribution in [-0.4, -0.2) is 54.1 Å². The summed E-state index contributed by atoms with van der Waals surface area (Å²) >= 11 is 1.24. The van der Waals surface area contributed by atoms with E-state index in [-0.39, 0.29) is 12.1 Å². The smallest absolute Gasteiger partial charge is 0.435 e. The van der Waals surface area contributed by atoms with Gasteiger partial charge in [0.1, 0.15) is 21.7 Å². The maximum atomic E-state index is 13.2. The predicted octanol–water partition coefficient (Wildman–Crippen LogP) is 5.12. The van der Waals surface area contributed by atoms with E-state index < -0.39 is 28.7 Å². The standard InChI is InChI=1S/C25H31N5O5S/c1-14-15(13-30(28-14)22(34)35-24(5,6)7)17-12-16-18(36-17)19(31)27-20(26-16)25(23(2,3)4)10-8-9-11-29(25)21(32)33/h8-9,12-13H,10-11H2,1-7H3,(H,32,33)(H,26,27,31)/t25-/m1/s1. The number of amides is 1. The van der Waals surface area contributed by atoms with Crippen molar-refractivity contribution in [2.24, 2.45) is 5.41 Å². The molecule has 0 radical (unpaired) electrons. The topological polar surface area (TPSA) is 130 Å². The summed E-state index contributed by atoms with van der Waals surface area (Å²) in [5.41, 5.74) is -0.880. The van der Waals surface area contributed by atoms with Gasteiger partial charge in [0.25, 0.3) is 5.56 Å². The Hall–Kier alpha value is -3.47. The van der Waals surface area contributed by atoms with Crippen molar-refractivity contribution in [2.45, 2.75) is 66.0 Å². The minimum Gasteiger partial charge on any atom is -0.465 e. The summed E-state index contributed by atoms with van der Waals surface area (Å²) < 4.78 is 6.96. The van der Waals surface area contributed by atoms with Gasteiger partial charge < -0.3 is 14.8 Å². The number of ether oxygens (including phenoxy) is 1. The fourth-order valence-corrected chi connectivity index (χ4v) is 5.66. The second-order valence-electron chi connectivity index (χ2n) is 11.0. The molecule has 0 aromatic carbocycles. The molecular formula is C25H31N5O5S. The molecule has 0 bridgehead atoms. The van der Waals surface area contributed by atoms with Crippen molar-refractivity contribution < 1.29 is 19.4 Å². The normalized spacial score (nSPS) is 18.6. The van der Waals surface area contributed by atoms with E-state index in [2.05, 4.69) is 10.1 Å². The Morgan fingerprint density at radius 1 is 1.19 bits per heavy atom. The van der Waals surface area contributed by atoms with Crippen molar-refractivity contribution in [1.82, 2.24) is 24.6 Å². The molecule has 36 heavy (non-hydrogen) atoms. The van der Waals surface area contributed by atoms with Crippen molar-refractivity contribution in [1.29, 1.82) is 0 Å². The number of aromatic amines is 1. The van der Waals surface area contributed by atoms with Crippen molar-refractivity contribution in [2.75, 3.05) is 6.54 Å². The lowest BCUT2D eigenvalue weighted by atomic mass is 9.68. The molecule has 192 valence electrons. The highest BCUT2D eigenvalue weighted by molar-refractivity contribution is 7.22. The average molecular weight is 514 g/mol. The van der Waals surface area contributed by atoms with Gasteiger partial charge >= 0.3 is 12.2 Å². The number of aryl methyl sites for hydroxylation is 1. The summed E-state index contributed by atoms with van der Waals surface area (Å²) in [6.07, 6.45) is 4.04. The lowest BCUT2D eigenvalue weighted by Crippen LogP contribution is -2.58. The van der Waals surface area contributed by atoms with E-state index in [0.29, 0.717) is 33.7 Å². The second-order valence-corrected chi connectivity index (χ2v) is 12.0. The zero-order valence-electron chi connectivity index (χ0n) is 21.5. The van der Waals surface area contributed by atoms with Gasteiger partial charge in [-0.25, -0.2) is 14.6 Å². The van der Waals surface area contributed by atoms with E-state index in [1.807, 2.05) is 32.9 Å². The lowest BCUT2D eigenvalue weighted by molar-refractivity contribution is -0.00543. The number of carbonyl (C=O) groups is 2. The highest BCUT2D eigenvalue weighted by Gasteiger charge is 2.52. The zero-order valence-corrected chi connectivity index (χ0v) is 22.3. The van der Waals surface area contributed by atoms with E-state index in [1.54, 1.807) is 40.0 Å². The molecule has 1 aliphatic rings. The molecule has 1 amide bonds. The van der Waals surface area contributed by atoms with Gasteiger partial charge in [-0.3, -0.25) is 9.69 Å². The predicted molar refractivity (Wildman–Crippen MR) is 137 cm³/mol. The molecule has 3 aromatic rings. The Bertz CT molecular complexity index is 1440. The summed E-state index contributed by atoms with van der Waals surface area (Å²) in [5, 5.41) is 14.3. The van der Waals surface area contributed by atoms with Crippen LogP contribution in [0.2, 0.25) is 0 Å². The van der Waals surface area contributed by atoms with Gasteiger partial charge in [0.05, 0.1) is 11.2 Å². The van der Waals surface area contributed by atoms with Crippen molar-refractivity contribution in [3.8, 4) is 10.4 Å². The number of aromatic nitrogens is 4. The first-order valence-corrected chi connectivity index (χ1v) is 12.5. The van der Waals surface area contributed by atoms with Gasteiger partial charge in [0.2, 0.25) is 0 Å². The first-order chi connectivity index (χ1) is 16.6. The Balaban J connectivity index is 1.83. The Morgan fingerprint density at radius 3 is 2.50 bits per heavy atom. The first-order valence-electron chi connectivity index (χ1n) is 11.6. The van der Waals surface area contributed by atoms with Gasteiger partial charge in [-0.2, -0.15) is 9.78 Å².